The Balaban J connectivity index is 1.61. The van der Waals surface area contributed by atoms with Gasteiger partial charge in [-0.2, -0.15) is 0 Å². The van der Waals surface area contributed by atoms with E-state index < -0.39 is 67.8 Å². The molecule has 0 radical (unpaired) electrons. The number of nitrogens with one attached hydrogen (secondary N) is 1. The molecular formula is C20H12N2O8S5. The maximum Gasteiger partial charge on any atom is 0.222 e. The maximum atomic E-state index is 13.4. The number of nitrogens with zero attached hydrogens (tertiary/aromatic N) is 1. The van der Waals surface area contributed by atoms with E-state index in [0.717, 1.165) is 17.4 Å². The summed E-state index contributed by atoms with van der Waals surface area (Å²) in [5.41, 5.74) is 0.587. The molecule has 4 heterocycles. The highest BCUT2D eigenvalue weighted by molar-refractivity contribution is 8.17. The molecule has 0 aliphatic carbocycles. The van der Waals surface area contributed by atoms with Crippen LogP contribution in [-0.2, 0) is 39.3 Å². The van der Waals surface area contributed by atoms with Crippen LogP contribution in [-0.4, -0.2) is 43.6 Å². The Kier molecular flexibility index (Phi) is 4.44. The lowest BCUT2D eigenvalue weighted by atomic mass is 10.3. The summed E-state index contributed by atoms with van der Waals surface area (Å²) in [6, 6.07) is 10.8. The van der Waals surface area contributed by atoms with Crippen molar-refractivity contribution < 1.29 is 33.7 Å². The summed E-state index contributed by atoms with van der Waals surface area (Å²) < 4.78 is 104. The normalized spacial score (nSPS) is 21.1. The van der Waals surface area contributed by atoms with Gasteiger partial charge in [-0.3, -0.25) is 0 Å². The second kappa shape index (κ2) is 6.88. The Morgan fingerprint density at radius 1 is 0.771 bits per heavy atom. The van der Waals surface area contributed by atoms with E-state index in [1.807, 2.05) is 0 Å². The summed E-state index contributed by atoms with van der Waals surface area (Å²) >= 11 is 0.881. The topological polar surface area (TPSA) is 165 Å². The summed E-state index contributed by atoms with van der Waals surface area (Å²) in [5, 5.41) is -0.208. The van der Waals surface area contributed by atoms with Crippen molar-refractivity contribution in [1.82, 2.24) is 9.97 Å². The minimum absolute atomic E-state index is 0.184. The molecule has 0 fully saturated rings. The highest BCUT2D eigenvalue weighted by Crippen LogP contribution is 2.52. The summed E-state index contributed by atoms with van der Waals surface area (Å²) in [6.07, 6.45) is 2.37. The van der Waals surface area contributed by atoms with Crippen molar-refractivity contribution in [3.8, 4) is 0 Å². The van der Waals surface area contributed by atoms with Gasteiger partial charge in [-0.25, -0.2) is 38.7 Å². The van der Waals surface area contributed by atoms with Crippen molar-refractivity contribution in [2.24, 2.45) is 0 Å². The minimum atomic E-state index is -4.66. The predicted octanol–water partition coefficient (Wildman–Crippen LogP) is 2.44. The number of sulfone groups is 4. The van der Waals surface area contributed by atoms with Crippen molar-refractivity contribution in [3.63, 3.8) is 0 Å². The van der Waals surface area contributed by atoms with Crippen LogP contribution in [0.4, 0.5) is 0 Å². The lowest BCUT2D eigenvalue weighted by Crippen LogP contribution is -2.14. The number of hydrogen-bond donors (Lipinski definition) is 1. The fourth-order valence-corrected chi connectivity index (χ4v) is 15.7. The van der Waals surface area contributed by atoms with Crippen LogP contribution in [0.5, 0.6) is 0 Å². The molecule has 4 aromatic rings. The van der Waals surface area contributed by atoms with Crippen molar-refractivity contribution in [2.45, 2.75) is 24.2 Å². The third kappa shape index (κ3) is 2.92. The summed E-state index contributed by atoms with van der Waals surface area (Å²) in [7, 11) is -18.6. The van der Waals surface area contributed by atoms with Crippen LogP contribution >= 0.6 is 11.3 Å². The third-order valence-electron chi connectivity index (χ3n) is 5.70. The Morgan fingerprint density at radius 2 is 1.37 bits per heavy atom. The van der Waals surface area contributed by atoms with Gasteiger partial charge in [0.2, 0.25) is 43.9 Å². The zero-order chi connectivity index (χ0) is 25.0. The monoisotopic (exact) mass is 568 g/mol. The van der Waals surface area contributed by atoms with Gasteiger partial charge in [-0.15, -0.1) is 11.3 Å². The molecule has 15 heteroatoms. The Morgan fingerprint density at radius 3 is 1.91 bits per heavy atom. The molecule has 2 aromatic carbocycles. The van der Waals surface area contributed by atoms with Crippen molar-refractivity contribution in [1.29, 1.82) is 0 Å². The van der Waals surface area contributed by atoms with Gasteiger partial charge < -0.3 is 4.98 Å². The predicted molar refractivity (Wildman–Crippen MR) is 126 cm³/mol. The number of aromatic nitrogens is 2. The minimum Gasteiger partial charge on any atom is -0.362 e. The van der Waals surface area contributed by atoms with Gasteiger partial charge in [0.1, 0.15) is 5.01 Å². The first-order valence-electron chi connectivity index (χ1n) is 9.73. The van der Waals surface area contributed by atoms with Crippen molar-refractivity contribution >= 4 is 67.0 Å². The van der Waals surface area contributed by atoms with E-state index in [1.165, 1.54) is 18.3 Å². The highest BCUT2D eigenvalue weighted by atomic mass is 32.3. The smallest absolute Gasteiger partial charge is 0.222 e. The number of benzene rings is 2. The number of para-hydroxylation sites is 1. The Hall–Kier alpha value is -2.85. The fourth-order valence-electron chi connectivity index (χ4n) is 4.12. The molecule has 0 atom stereocenters. The third-order valence-corrected chi connectivity index (χ3v) is 16.8. The van der Waals surface area contributed by atoms with Crippen LogP contribution in [0.15, 0.2) is 78.5 Å². The van der Waals surface area contributed by atoms with Gasteiger partial charge in [0.25, 0.3) is 0 Å². The zero-order valence-corrected chi connectivity index (χ0v) is 21.2. The van der Waals surface area contributed by atoms with E-state index in [2.05, 4.69) is 9.97 Å². The Bertz CT molecular complexity index is 1930. The molecule has 2 aliphatic rings. The molecule has 2 aromatic heterocycles. The van der Waals surface area contributed by atoms with Crippen LogP contribution in [0.1, 0.15) is 15.3 Å². The summed E-state index contributed by atoms with van der Waals surface area (Å²) in [6.45, 7) is 0. The lowest BCUT2D eigenvalue weighted by Gasteiger charge is -2.05. The molecule has 0 bridgehead atoms. The van der Waals surface area contributed by atoms with Crippen LogP contribution in [0.25, 0.3) is 16.3 Å². The second-order valence-electron chi connectivity index (χ2n) is 7.78. The number of rotatable bonds is 2. The molecule has 180 valence electrons. The van der Waals surface area contributed by atoms with Crippen LogP contribution in [0.2, 0.25) is 0 Å². The van der Waals surface area contributed by atoms with Gasteiger partial charge in [-0.05, 0) is 42.5 Å². The van der Waals surface area contributed by atoms with E-state index in [9.17, 15) is 33.7 Å². The fraction of sp³-hybridized carbons (Fsp3) is 0.0500. The molecule has 10 nitrogen and oxygen atoms in total. The van der Waals surface area contributed by atoms with Crippen LogP contribution in [0.3, 0.4) is 0 Å². The highest BCUT2D eigenvalue weighted by Gasteiger charge is 2.55. The summed E-state index contributed by atoms with van der Waals surface area (Å²) in [5.74, 6) is 0. The molecule has 35 heavy (non-hydrogen) atoms. The Labute approximate surface area is 203 Å². The maximum absolute atomic E-state index is 13.4. The number of hydrogen-bond acceptors (Lipinski definition) is 10. The molecule has 0 amide bonds. The molecule has 0 saturated heterocycles. The molecule has 0 unspecified atom stereocenters. The zero-order valence-electron chi connectivity index (χ0n) is 17.1. The van der Waals surface area contributed by atoms with Gasteiger partial charge in [0.05, 0.1) is 29.8 Å². The number of fused-ring (bicyclic) bond motifs is 3. The number of thiazole rings is 1. The average molecular weight is 569 g/mol. The van der Waals surface area contributed by atoms with Crippen molar-refractivity contribution in [3.05, 3.63) is 69.7 Å². The summed E-state index contributed by atoms with van der Waals surface area (Å²) in [4.78, 5) is 3.75. The van der Waals surface area contributed by atoms with Gasteiger partial charge >= 0.3 is 0 Å². The number of H-pyrrole nitrogens is 1. The first-order valence-corrected chi connectivity index (χ1v) is 16.6. The van der Waals surface area contributed by atoms with E-state index >= 15 is 0 Å². The molecule has 0 spiro atoms. The molecule has 6 rings (SSSR count). The molecule has 0 saturated carbocycles. The second-order valence-corrected chi connectivity index (χ2v) is 17.2. The van der Waals surface area contributed by atoms with Crippen molar-refractivity contribution in [2.75, 3.05) is 0 Å². The molecule has 1 N–H and O–H groups in total. The standard InChI is InChI=1S/C20H12N2O8S5/c23-32(24)14-9-16-17(10-15(14)33(25,26)18(32)8-11-4-3-7-21-11)35(29,30)20(34(16,27)28)19-22-12-5-1-2-6-13(12)31-19/h1-10,20-21H. The van der Waals surface area contributed by atoms with Crippen LogP contribution < -0.4 is 0 Å². The first-order chi connectivity index (χ1) is 16.4. The molecular weight excluding hydrogens is 557 g/mol. The van der Waals surface area contributed by atoms with Gasteiger partial charge in [0, 0.05) is 11.9 Å². The molecule has 2 aliphatic heterocycles. The first kappa shape index (κ1) is 22.6. The van der Waals surface area contributed by atoms with E-state index in [0.29, 0.717) is 22.3 Å². The van der Waals surface area contributed by atoms with E-state index in [1.54, 1.807) is 24.3 Å². The largest absolute Gasteiger partial charge is 0.362 e. The van der Waals surface area contributed by atoms with Crippen LogP contribution in [0, 0.1) is 0 Å². The lowest BCUT2D eigenvalue weighted by molar-refractivity contribution is 0.585. The average Bonchev–Trinajstić information content (AvgIpc) is 3.50. The van der Waals surface area contributed by atoms with Gasteiger partial charge in [0.15, 0.2) is 4.24 Å². The van der Waals surface area contributed by atoms with Gasteiger partial charge in [-0.1, -0.05) is 12.1 Å². The van der Waals surface area contributed by atoms with E-state index in [-0.39, 0.29) is 10.7 Å². The van der Waals surface area contributed by atoms with E-state index in [4.69, 9.17) is 0 Å². The number of aromatic amines is 1. The SMILES string of the molecule is O=S1(=O)C(=Cc2ccc[nH]2)S(=O)(=O)c2cc3c(cc21)S(=O)(=O)C(c1nc2ccccc2s1)S3(=O)=O. The quantitative estimate of drug-likeness (QED) is 0.382.